The number of hydrogen-bond acceptors (Lipinski definition) is 7. The van der Waals surface area contributed by atoms with Crippen molar-refractivity contribution in [3.8, 4) is 5.82 Å². The van der Waals surface area contributed by atoms with Crippen molar-refractivity contribution < 1.29 is 27.3 Å². The predicted molar refractivity (Wildman–Crippen MR) is 121 cm³/mol. The van der Waals surface area contributed by atoms with Crippen molar-refractivity contribution in [2.75, 3.05) is 19.7 Å². The molecule has 0 atom stereocenters. The largest absolute Gasteiger partial charge is 0.454 e. The van der Waals surface area contributed by atoms with E-state index in [0.29, 0.717) is 35.9 Å². The predicted octanol–water partition coefficient (Wildman–Crippen LogP) is 3.46. The summed E-state index contributed by atoms with van der Waals surface area (Å²) in [4.78, 5) is 25.3. The van der Waals surface area contributed by atoms with E-state index in [1.807, 2.05) is 6.92 Å². The van der Waals surface area contributed by atoms with E-state index in [0.717, 1.165) is 5.69 Å². The number of aromatic nitrogens is 2. The maximum absolute atomic E-state index is 12.8. The van der Waals surface area contributed by atoms with Gasteiger partial charge >= 0.3 is 5.97 Å². The number of rotatable bonds is 9. The molecule has 9 nitrogen and oxygen atoms in total. The van der Waals surface area contributed by atoms with Gasteiger partial charge in [-0.2, -0.15) is 4.31 Å². The number of sulfonamides is 1. The summed E-state index contributed by atoms with van der Waals surface area (Å²) >= 11 is 0. The van der Waals surface area contributed by atoms with Crippen molar-refractivity contribution in [3.05, 3.63) is 64.7 Å². The van der Waals surface area contributed by atoms with E-state index < -0.39 is 22.6 Å². The zero-order valence-electron chi connectivity index (χ0n) is 19.3. The zero-order valence-corrected chi connectivity index (χ0v) is 20.1. The lowest BCUT2D eigenvalue weighted by Gasteiger charge is -2.18. The molecule has 0 radical (unpaired) electrons. The SMILES string of the molecule is CCN(CC)S(=O)(=O)c1cccc(C(=O)OCC(=O)c2cc(C)n(-c3cc(C)on3)c2C)c1. The molecule has 33 heavy (non-hydrogen) atoms. The molecule has 0 saturated carbocycles. The highest BCUT2D eigenvalue weighted by atomic mass is 32.2. The Kier molecular flexibility index (Phi) is 7.19. The monoisotopic (exact) mass is 473 g/mol. The van der Waals surface area contributed by atoms with Gasteiger partial charge in [-0.25, -0.2) is 13.2 Å². The molecule has 0 spiro atoms. The van der Waals surface area contributed by atoms with E-state index in [9.17, 15) is 18.0 Å². The molecule has 0 aliphatic rings. The zero-order chi connectivity index (χ0) is 24.3. The Bertz CT molecular complexity index is 1290. The van der Waals surface area contributed by atoms with Crippen LogP contribution in [0.25, 0.3) is 5.82 Å². The smallest absolute Gasteiger partial charge is 0.338 e. The molecule has 0 bridgehead atoms. The summed E-state index contributed by atoms with van der Waals surface area (Å²) in [5.74, 6) is 0.0463. The van der Waals surface area contributed by atoms with Crippen molar-refractivity contribution in [2.45, 2.75) is 39.5 Å². The summed E-state index contributed by atoms with van der Waals surface area (Å²) < 4.78 is 38.8. The molecule has 0 aliphatic carbocycles. The lowest BCUT2D eigenvalue weighted by molar-refractivity contribution is 0.0474. The van der Waals surface area contributed by atoms with E-state index in [4.69, 9.17) is 9.26 Å². The molecule has 3 aromatic rings. The van der Waals surface area contributed by atoms with E-state index >= 15 is 0 Å². The van der Waals surface area contributed by atoms with Crippen LogP contribution in [-0.4, -0.2) is 53.9 Å². The van der Waals surface area contributed by atoms with E-state index in [1.165, 1.54) is 28.6 Å². The van der Waals surface area contributed by atoms with Gasteiger partial charge in [0.25, 0.3) is 0 Å². The van der Waals surface area contributed by atoms with E-state index in [1.54, 1.807) is 44.4 Å². The van der Waals surface area contributed by atoms with E-state index in [2.05, 4.69) is 5.16 Å². The van der Waals surface area contributed by atoms with Crippen molar-refractivity contribution in [1.82, 2.24) is 14.0 Å². The molecule has 0 amide bonds. The molecule has 0 fully saturated rings. The Morgan fingerprint density at radius 3 is 2.39 bits per heavy atom. The first-order valence-corrected chi connectivity index (χ1v) is 12.0. The molecule has 0 aliphatic heterocycles. The van der Waals surface area contributed by atoms with Crippen LogP contribution in [-0.2, 0) is 14.8 Å². The number of carbonyl (C=O) groups is 2. The minimum absolute atomic E-state index is 0.00146. The van der Waals surface area contributed by atoms with Gasteiger partial charge in [0, 0.05) is 36.1 Å². The fourth-order valence-electron chi connectivity index (χ4n) is 3.64. The molecule has 2 heterocycles. The van der Waals surface area contributed by atoms with Crippen LogP contribution in [0.2, 0.25) is 0 Å². The Hall–Kier alpha value is -3.24. The Balaban J connectivity index is 1.75. The van der Waals surface area contributed by atoms with Crippen LogP contribution in [0.15, 0.2) is 45.8 Å². The molecule has 176 valence electrons. The third-order valence-electron chi connectivity index (χ3n) is 5.32. The summed E-state index contributed by atoms with van der Waals surface area (Å²) in [6.45, 7) is 9.02. The Morgan fingerprint density at radius 1 is 1.09 bits per heavy atom. The van der Waals surface area contributed by atoms with Gasteiger partial charge in [-0.15, -0.1) is 0 Å². The average molecular weight is 474 g/mol. The van der Waals surface area contributed by atoms with Gasteiger partial charge in [0.15, 0.2) is 12.4 Å². The Morgan fingerprint density at radius 2 is 1.79 bits per heavy atom. The minimum Gasteiger partial charge on any atom is -0.454 e. The molecular formula is C23H27N3O6S. The van der Waals surface area contributed by atoms with Gasteiger partial charge in [0.05, 0.1) is 10.5 Å². The van der Waals surface area contributed by atoms with Gasteiger partial charge in [0.2, 0.25) is 15.8 Å². The second-order valence-electron chi connectivity index (χ2n) is 7.53. The number of ether oxygens (including phenoxy) is 1. The summed E-state index contributed by atoms with van der Waals surface area (Å²) in [5.41, 5.74) is 1.89. The number of hydrogen-bond donors (Lipinski definition) is 0. The van der Waals surface area contributed by atoms with Crippen LogP contribution in [0.1, 0.15) is 51.7 Å². The normalized spacial score (nSPS) is 11.7. The topological polar surface area (TPSA) is 112 Å². The first kappa shape index (κ1) is 24.4. The summed E-state index contributed by atoms with van der Waals surface area (Å²) in [7, 11) is -3.72. The molecule has 0 N–H and O–H groups in total. The lowest BCUT2D eigenvalue weighted by atomic mass is 10.1. The van der Waals surface area contributed by atoms with Crippen LogP contribution in [0.5, 0.6) is 0 Å². The molecule has 10 heteroatoms. The maximum Gasteiger partial charge on any atom is 0.338 e. The molecule has 1 aromatic carbocycles. The first-order chi connectivity index (χ1) is 15.6. The fourth-order valence-corrected chi connectivity index (χ4v) is 5.15. The van der Waals surface area contributed by atoms with Crippen LogP contribution in [0, 0.1) is 20.8 Å². The minimum atomic E-state index is -3.72. The first-order valence-electron chi connectivity index (χ1n) is 10.5. The number of aryl methyl sites for hydroxylation is 2. The van der Waals surface area contributed by atoms with Crippen LogP contribution >= 0.6 is 0 Å². The standard InChI is InChI=1S/C23H27N3O6S/c1-6-25(7-2)33(29,30)19-10-8-9-18(13-19)23(28)31-14-21(27)20-11-15(3)26(17(20)5)22-12-16(4)32-24-22/h8-13H,6-7,14H2,1-5H3. The average Bonchev–Trinajstić information content (AvgIpc) is 3.34. The third kappa shape index (κ3) is 4.91. The third-order valence-corrected chi connectivity index (χ3v) is 7.37. The van der Waals surface area contributed by atoms with Gasteiger partial charge < -0.3 is 9.26 Å². The van der Waals surface area contributed by atoms with Gasteiger partial charge in [0.1, 0.15) is 5.76 Å². The molecule has 0 unspecified atom stereocenters. The van der Waals surface area contributed by atoms with Gasteiger partial charge in [-0.05, 0) is 45.0 Å². The molecule has 2 aromatic heterocycles. The van der Waals surface area contributed by atoms with Crippen molar-refractivity contribution in [2.24, 2.45) is 0 Å². The molecular weight excluding hydrogens is 446 g/mol. The van der Waals surface area contributed by atoms with Crippen LogP contribution in [0.4, 0.5) is 0 Å². The highest BCUT2D eigenvalue weighted by molar-refractivity contribution is 7.89. The fraction of sp³-hybridized carbons (Fsp3) is 0.348. The molecule has 3 rings (SSSR count). The number of Topliss-reactive ketones (excluding diaryl/α,β-unsaturated/α-hetero) is 1. The maximum atomic E-state index is 12.8. The van der Waals surface area contributed by atoms with Crippen molar-refractivity contribution in [1.29, 1.82) is 0 Å². The second-order valence-corrected chi connectivity index (χ2v) is 9.47. The summed E-state index contributed by atoms with van der Waals surface area (Å²) in [6.07, 6.45) is 0. The van der Waals surface area contributed by atoms with E-state index in [-0.39, 0.29) is 16.2 Å². The number of carbonyl (C=O) groups excluding carboxylic acids is 2. The van der Waals surface area contributed by atoms with Crippen molar-refractivity contribution in [3.63, 3.8) is 0 Å². The van der Waals surface area contributed by atoms with Gasteiger partial charge in [-0.3, -0.25) is 9.36 Å². The molecule has 0 saturated heterocycles. The second kappa shape index (κ2) is 9.72. The quantitative estimate of drug-likeness (QED) is 0.346. The lowest BCUT2D eigenvalue weighted by Crippen LogP contribution is -2.30. The number of benzene rings is 1. The summed E-state index contributed by atoms with van der Waals surface area (Å²) in [5, 5.41) is 3.99. The highest BCUT2D eigenvalue weighted by Gasteiger charge is 2.24. The summed E-state index contributed by atoms with van der Waals surface area (Å²) in [6, 6.07) is 9.07. The van der Waals surface area contributed by atoms with Crippen molar-refractivity contribution >= 4 is 21.8 Å². The Labute approximate surface area is 193 Å². The van der Waals surface area contributed by atoms with Crippen LogP contribution < -0.4 is 0 Å². The van der Waals surface area contributed by atoms with Crippen LogP contribution in [0.3, 0.4) is 0 Å². The number of nitrogens with zero attached hydrogens (tertiary/aromatic N) is 3. The highest BCUT2D eigenvalue weighted by Crippen LogP contribution is 2.22. The number of esters is 1. The number of ketones is 1. The van der Waals surface area contributed by atoms with Gasteiger partial charge in [-0.1, -0.05) is 25.1 Å².